The average Bonchev–Trinajstić information content (AvgIpc) is 2.85. The Morgan fingerprint density at radius 3 is 2.74 bits per heavy atom. The van der Waals surface area contributed by atoms with Gasteiger partial charge in [0.15, 0.2) is 0 Å². The van der Waals surface area contributed by atoms with Gasteiger partial charge in [0.1, 0.15) is 4.32 Å². The first-order chi connectivity index (χ1) is 11.0. The Morgan fingerprint density at radius 2 is 2.13 bits per heavy atom. The zero-order valence-electron chi connectivity index (χ0n) is 12.0. The predicted octanol–water partition coefficient (Wildman–Crippen LogP) is 1.92. The van der Waals surface area contributed by atoms with Crippen molar-refractivity contribution in [3.8, 4) is 0 Å². The normalized spacial score (nSPS) is 20.0. The zero-order valence-corrected chi connectivity index (χ0v) is 13.6. The standard InChI is InChI=1S/C14H13N3O4S2/c18-13-12(23-14(22)15-13)8-9-7-10(17(19)20)1-2-11(9)16-3-5-21-6-4-16/h1-2,7-8H,3-6H2,(H,15,18,22)/b12-8+. The van der Waals surface area contributed by atoms with E-state index in [9.17, 15) is 14.9 Å². The lowest BCUT2D eigenvalue weighted by atomic mass is 10.1. The number of amides is 1. The third-order valence-corrected chi connectivity index (χ3v) is 4.67. The largest absolute Gasteiger partial charge is 0.378 e. The van der Waals surface area contributed by atoms with E-state index in [1.54, 1.807) is 12.1 Å². The number of carbonyl (C=O) groups is 1. The summed E-state index contributed by atoms with van der Waals surface area (Å²) in [4.78, 5) is 25.0. The Bertz CT molecular complexity index is 714. The van der Waals surface area contributed by atoms with Gasteiger partial charge >= 0.3 is 0 Å². The summed E-state index contributed by atoms with van der Waals surface area (Å²) in [6.45, 7) is 2.61. The van der Waals surface area contributed by atoms with Gasteiger partial charge in [-0.2, -0.15) is 0 Å². The lowest BCUT2D eigenvalue weighted by molar-refractivity contribution is -0.384. The second kappa shape index (κ2) is 6.65. The van der Waals surface area contributed by atoms with Gasteiger partial charge in [-0.15, -0.1) is 0 Å². The summed E-state index contributed by atoms with van der Waals surface area (Å²) < 4.78 is 5.73. The number of thiocarbonyl (C=S) groups is 1. The summed E-state index contributed by atoms with van der Waals surface area (Å²) in [7, 11) is 0. The summed E-state index contributed by atoms with van der Waals surface area (Å²) in [6, 6.07) is 4.66. The third kappa shape index (κ3) is 3.52. The number of ether oxygens (including phenoxy) is 1. The molecular formula is C14H13N3O4S2. The minimum atomic E-state index is -0.447. The number of carbonyl (C=O) groups excluding carboxylic acids is 1. The van der Waals surface area contributed by atoms with Crippen LogP contribution in [-0.2, 0) is 9.53 Å². The van der Waals surface area contributed by atoms with Crippen LogP contribution in [0.15, 0.2) is 23.1 Å². The topological polar surface area (TPSA) is 84.7 Å². The molecule has 120 valence electrons. The highest BCUT2D eigenvalue weighted by Gasteiger charge is 2.24. The van der Waals surface area contributed by atoms with Crippen molar-refractivity contribution in [1.82, 2.24) is 5.32 Å². The molecule has 7 nitrogen and oxygen atoms in total. The van der Waals surface area contributed by atoms with Crippen LogP contribution in [0.5, 0.6) is 0 Å². The zero-order chi connectivity index (χ0) is 16.4. The molecule has 1 aromatic carbocycles. The molecule has 0 aromatic heterocycles. The fourth-order valence-corrected chi connectivity index (χ4v) is 3.46. The van der Waals surface area contributed by atoms with E-state index in [0.717, 1.165) is 17.4 Å². The molecule has 2 aliphatic rings. The quantitative estimate of drug-likeness (QED) is 0.385. The number of benzene rings is 1. The minimum Gasteiger partial charge on any atom is -0.378 e. The highest BCUT2D eigenvalue weighted by atomic mass is 32.2. The lowest BCUT2D eigenvalue weighted by Gasteiger charge is -2.30. The highest BCUT2D eigenvalue weighted by Crippen LogP contribution is 2.32. The second-order valence-electron chi connectivity index (χ2n) is 4.95. The Morgan fingerprint density at radius 1 is 1.39 bits per heavy atom. The fraction of sp³-hybridized carbons (Fsp3) is 0.286. The van der Waals surface area contributed by atoms with Gasteiger partial charge in [-0.1, -0.05) is 24.0 Å². The van der Waals surface area contributed by atoms with Crippen LogP contribution in [0.2, 0.25) is 0 Å². The summed E-state index contributed by atoms with van der Waals surface area (Å²) in [5.74, 6) is -0.278. The molecule has 1 N–H and O–H groups in total. The van der Waals surface area contributed by atoms with Crippen LogP contribution in [0.25, 0.3) is 6.08 Å². The van der Waals surface area contributed by atoms with E-state index in [0.29, 0.717) is 41.1 Å². The number of nitro groups is 1. The molecule has 0 spiro atoms. The summed E-state index contributed by atoms with van der Waals surface area (Å²) in [6.07, 6.45) is 1.65. The Labute approximate surface area is 141 Å². The van der Waals surface area contributed by atoms with Crippen molar-refractivity contribution in [3.05, 3.63) is 38.8 Å². The number of hydrogen-bond donors (Lipinski definition) is 1. The molecule has 2 heterocycles. The van der Waals surface area contributed by atoms with Crippen LogP contribution < -0.4 is 10.2 Å². The number of nitrogens with one attached hydrogen (secondary N) is 1. The summed E-state index contributed by atoms with van der Waals surface area (Å²) in [5.41, 5.74) is 1.46. The van der Waals surface area contributed by atoms with E-state index in [1.807, 2.05) is 0 Å². The lowest BCUT2D eigenvalue weighted by Crippen LogP contribution is -2.36. The van der Waals surface area contributed by atoms with Crippen molar-refractivity contribution in [2.24, 2.45) is 0 Å². The van der Waals surface area contributed by atoms with Crippen molar-refractivity contribution in [2.75, 3.05) is 31.2 Å². The van der Waals surface area contributed by atoms with Crippen LogP contribution in [0.3, 0.4) is 0 Å². The van der Waals surface area contributed by atoms with Gasteiger partial charge in [0.05, 0.1) is 23.0 Å². The number of nitro benzene ring substituents is 1. The number of hydrogen-bond acceptors (Lipinski definition) is 7. The summed E-state index contributed by atoms with van der Waals surface area (Å²) in [5, 5.41) is 13.6. The number of nitrogens with zero attached hydrogens (tertiary/aromatic N) is 2. The van der Waals surface area contributed by atoms with E-state index < -0.39 is 4.92 Å². The van der Waals surface area contributed by atoms with Crippen LogP contribution >= 0.6 is 24.0 Å². The molecule has 1 aromatic rings. The maximum atomic E-state index is 11.8. The first-order valence-electron chi connectivity index (χ1n) is 6.90. The molecule has 0 saturated carbocycles. The molecule has 1 amide bonds. The van der Waals surface area contributed by atoms with E-state index in [1.165, 1.54) is 12.1 Å². The molecule has 0 radical (unpaired) electrons. The van der Waals surface area contributed by atoms with Gasteiger partial charge < -0.3 is 15.0 Å². The molecule has 2 fully saturated rings. The van der Waals surface area contributed by atoms with E-state index in [-0.39, 0.29) is 11.6 Å². The van der Waals surface area contributed by atoms with Crippen molar-refractivity contribution < 1.29 is 14.5 Å². The molecule has 0 unspecified atom stereocenters. The van der Waals surface area contributed by atoms with E-state index in [4.69, 9.17) is 17.0 Å². The van der Waals surface area contributed by atoms with Crippen LogP contribution in [-0.4, -0.2) is 41.5 Å². The number of non-ortho nitro benzene ring substituents is 1. The van der Waals surface area contributed by atoms with Crippen LogP contribution in [0, 0.1) is 10.1 Å². The molecular weight excluding hydrogens is 338 g/mol. The van der Waals surface area contributed by atoms with Gasteiger partial charge in [0, 0.05) is 36.5 Å². The molecule has 3 rings (SSSR count). The minimum absolute atomic E-state index is 0.0140. The predicted molar refractivity (Wildman–Crippen MR) is 92.4 cm³/mol. The number of rotatable bonds is 3. The molecule has 2 aliphatic heterocycles. The van der Waals surface area contributed by atoms with Gasteiger partial charge in [0.2, 0.25) is 0 Å². The number of morpholine rings is 1. The molecule has 0 bridgehead atoms. The maximum absolute atomic E-state index is 11.8. The second-order valence-corrected chi connectivity index (χ2v) is 6.67. The van der Waals surface area contributed by atoms with Gasteiger partial charge in [-0.25, -0.2) is 0 Å². The molecule has 0 atom stereocenters. The van der Waals surface area contributed by atoms with Crippen molar-refractivity contribution in [3.63, 3.8) is 0 Å². The highest BCUT2D eigenvalue weighted by molar-refractivity contribution is 8.26. The van der Waals surface area contributed by atoms with Crippen molar-refractivity contribution >= 4 is 51.7 Å². The van der Waals surface area contributed by atoms with Crippen molar-refractivity contribution in [2.45, 2.75) is 0 Å². The van der Waals surface area contributed by atoms with Gasteiger partial charge in [-0.05, 0) is 12.1 Å². The molecule has 2 saturated heterocycles. The maximum Gasteiger partial charge on any atom is 0.270 e. The number of thioether (sulfide) groups is 1. The number of anilines is 1. The summed E-state index contributed by atoms with van der Waals surface area (Å²) >= 11 is 6.13. The third-order valence-electron chi connectivity index (χ3n) is 3.50. The smallest absolute Gasteiger partial charge is 0.270 e. The van der Waals surface area contributed by atoms with Crippen LogP contribution in [0.1, 0.15) is 5.56 Å². The van der Waals surface area contributed by atoms with Gasteiger partial charge in [0.25, 0.3) is 11.6 Å². The molecule has 23 heavy (non-hydrogen) atoms. The average molecular weight is 351 g/mol. The SMILES string of the molecule is O=C1NC(=S)S/C1=C/c1cc([N+](=O)[O-])ccc1N1CCOCC1. The monoisotopic (exact) mass is 351 g/mol. The molecule has 0 aliphatic carbocycles. The van der Waals surface area contributed by atoms with Gasteiger partial charge in [-0.3, -0.25) is 14.9 Å². The molecule has 9 heteroatoms. The Hall–Kier alpha value is -1.97. The van der Waals surface area contributed by atoms with E-state index in [2.05, 4.69) is 10.2 Å². The Kier molecular flexibility index (Phi) is 4.60. The Balaban J connectivity index is 2.02. The van der Waals surface area contributed by atoms with Crippen molar-refractivity contribution in [1.29, 1.82) is 0 Å². The van der Waals surface area contributed by atoms with Crippen LogP contribution in [0.4, 0.5) is 11.4 Å². The van der Waals surface area contributed by atoms with E-state index >= 15 is 0 Å². The first-order valence-corrected chi connectivity index (χ1v) is 8.13. The first kappa shape index (κ1) is 15.9. The fourth-order valence-electron chi connectivity index (χ4n) is 2.43.